The van der Waals surface area contributed by atoms with Gasteiger partial charge >= 0.3 is 0 Å². The minimum absolute atomic E-state index is 0.112. The Labute approximate surface area is 209 Å². The third-order valence-corrected chi connectivity index (χ3v) is 5.66. The van der Waals surface area contributed by atoms with E-state index in [1.54, 1.807) is 0 Å². The molecule has 0 spiro atoms. The molecule has 0 radical (unpaired) electrons. The summed E-state index contributed by atoms with van der Waals surface area (Å²) in [5.74, 6) is 1.50. The summed E-state index contributed by atoms with van der Waals surface area (Å²) in [6.45, 7) is 3.78. The van der Waals surface area contributed by atoms with Crippen molar-refractivity contribution in [2.45, 2.75) is 51.9 Å². The lowest BCUT2D eigenvalue weighted by atomic mass is 10.1. The molecule has 0 fully saturated rings. The first-order valence-electron chi connectivity index (χ1n) is 12.8. The van der Waals surface area contributed by atoms with Crippen LogP contribution >= 0.6 is 0 Å². The maximum atomic E-state index is 12.4. The Morgan fingerprint density at radius 1 is 0.714 bits per heavy atom. The highest BCUT2D eigenvalue weighted by molar-refractivity contribution is 5.93. The van der Waals surface area contributed by atoms with Crippen molar-refractivity contribution in [2.75, 3.05) is 30.4 Å². The SMILES string of the molecule is CCCCCCCOc1ccc(NCC(=O)Nc2cccc(OCCCc3ccccc3)c2)cc1. The molecule has 3 aromatic rings. The van der Waals surface area contributed by atoms with Crippen molar-refractivity contribution in [1.29, 1.82) is 0 Å². The van der Waals surface area contributed by atoms with Crippen molar-refractivity contribution in [2.24, 2.45) is 0 Å². The minimum atomic E-state index is -0.112. The molecule has 0 aliphatic heterocycles. The summed E-state index contributed by atoms with van der Waals surface area (Å²) in [6, 6.07) is 25.6. The average Bonchev–Trinajstić information content (AvgIpc) is 2.89. The van der Waals surface area contributed by atoms with Crippen molar-refractivity contribution >= 4 is 17.3 Å². The maximum absolute atomic E-state index is 12.4. The first kappa shape index (κ1) is 26.1. The third-order valence-electron chi connectivity index (χ3n) is 5.66. The summed E-state index contributed by atoms with van der Waals surface area (Å²) in [5.41, 5.74) is 2.91. The molecule has 3 aromatic carbocycles. The largest absolute Gasteiger partial charge is 0.494 e. The molecule has 0 aliphatic rings. The molecule has 5 nitrogen and oxygen atoms in total. The van der Waals surface area contributed by atoms with E-state index >= 15 is 0 Å². The quantitative estimate of drug-likeness (QED) is 0.217. The maximum Gasteiger partial charge on any atom is 0.243 e. The lowest BCUT2D eigenvalue weighted by molar-refractivity contribution is -0.114. The van der Waals surface area contributed by atoms with E-state index in [-0.39, 0.29) is 12.5 Å². The van der Waals surface area contributed by atoms with Gasteiger partial charge < -0.3 is 20.1 Å². The summed E-state index contributed by atoms with van der Waals surface area (Å²) in [7, 11) is 0. The van der Waals surface area contributed by atoms with Crippen molar-refractivity contribution in [3.05, 3.63) is 84.4 Å². The van der Waals surface area contributed by atoms with E-state index in [9.17, 15) is 4.79 Å². The molecule has 5 heteroatoms. The number of aryl methyl sites for hydroxylation is 1. The van der Waals surface area contributed by atoms with Crippen LogP contribution in [0.2, 0.25) is 0 Å². The molecule has 3 rings (SSSR count). The van der Waals surface area contributed by atoms with E-state index < -0.39 is 0 Å². The molecule has 0 atom stereocenters. The minimum Gasteiger partial charge on any atom is -0.494 e. The average molecular weight is 475 g/mol. The predicted octanol–water partition coefficient (Wildman–Crippen LogP) is 7.10. The summed E-state index contributed by atoms with van der Waals surface area (Å²) in [4.78, 5) is 12.4. The van der Waals surface area contributed by atoms with Crippen LogP contribution in [0.1, 0.15) is 51.0 Å². The van der Waals surface area contributed by atoms with Crippen molar-refractivity contribution in [3.63, 3.8) is 0 Å². The standard InChI is InChI=1S/C30H38N2O3/c1-2-3-4-5-9-21-34-28-19-17-26(18-20-28)31-24-30(33)32-27-15-10-16-29(23-27)35-22-11-14-25-12-7-6-8-13-25/h6-8,10,12-13,15-20,23,31H,2-5,9,11,14,21-22,24H2,1H3,(H,32,33). The van der Waals surface area contributed by atoms with Gasteiger partial charge in [-0.2, -0.15) is 0 Å². The second kappa shape index (κ2) is 15.4. The number of hydrogen-bond donors (Lipinski definition) is 2. The van der Waals surface area contributed by atoms with Gasteiger partial charge in [0.05, 0.1) is 19.8 Å². The molecule has 0 saturated carbocycles. The predicted molar refractivity (Wildman–Crippen MR) is 145 cm³/mol. The topological polar surface area (TPSA) is 59.6 Å². The molecule has 0 aromatic heterocycles. The van der Waals surface area contributed by atoms with E-state index in [4.69, 9.17) is 9.47 Å². The van der Waals surface area contributed by atoms with Crippen LogP contribution in [-0.2, 0) is 11.2 Å². The fourth-order valence-corrected chi connectivity index (χ4v) is 3.73. The van der Waals surface area contributed by atoms with Gasteiger partial charge in [-0.25, -0.2) is 0 Å². The van der Waals surface area contributed by atoms with Crippen molar-refractivity contribution < 1.29 is 14.3 Å². The zero-order valence-electron chi connectivity index (χ0n) is 20.8. The zero-order valence-corrected chi connectivity index (χ0v) is 20.8. The molecule has 2 N–H and O–H groups in total. The van der Waals surface area contributed by atoms with Crippen LogP contribution < -0.4 is 20.1 Å². The third kappa shape index (κ3) is 10.6. The molecule has 0 unspecified atom stereocenters. The van der Waals surface area contributed by atoms with E-state index in [2.05, 4.69) is 41.8 Å². The molecular weight excluding hydrogens is 436 g/mol. The summed E-state index contributed by atoms with van der Waals surface area (Å²) in [5, 5.41) is 6.08. The normalized spacial score (nSPS) is 10.5. The van der Waals surface area contributed by atoms with Gasteiger partial charge in [-0.05, 0) is 61.2 Å². The van der Waals surface area contributed by atoms with Crippen molar-refractivity contribution in [3.8, 4) is 11.5 Å². The van der Waals surface area contributed by atoms with Gasteiger partial charge in [0.25, 0.3) is 0 Å². The Morgan fingerprint density at radius 2 is 1.46 bits per heavy atom. The number of carbonyl (C=O) groups excluding carboxylic acids is 1. The summed E-state index contributed by atoms with van der Waals surface area (Å²) >= 11 is 0. The number of carbonyl (C=O) groups is 1. The van der Waals surface area contributed by atoms with Crippen LogP contribution in [-0.4, -0.2) is 25.7 Å². The van der Waals surface area contributed by atoms with Crippen molar-refractivity contribution in [1.82, 2.24) is 0 Å². The van der Waals surface area contributed by atoms with Gasteiger partial charge in [-0.3, -0.25) is 4.79 Å². The lowest BCUT2D eigenvalue weighted by Gasteiger charge is -2.11. The van der Waals surface area contributed by atoms with Gasteiger partial charge in [0.15, 0.2) is 0 Å². The zero-order chi connectivity index (χ0) is 24.6. The number of benzene rings is 3. The van der Waals surface area contributed by atoms with Crippen LogP contribution in [0.4, 0.5) is 11.4 Å². The highest BCUT2D eigenvalue weighted by Gasteiger charge is 2.05. The Balaban J connectivity index is 1.33. The Bertz CT molecular complexity index is 990. The second-order valence-corrected chi connectivity index (χ2v) is 8.65. The van der Waals surface area contributed by atoms with Crippen LogP contribution in [0.5, 0.6) is 11.5 Å². The second-order valence-electron chi connectivity index (χ2n) is 8.65. The number of anilines is 2. The number of amides is 1. The van der Waals surface area contributed by atoms with E-state index in [0.29, 0.717) is 6.61 Å². The Hall–Kier alpha value is -3.47. The van der Waals surface area contributed by atoms with Gasteiger partial charge in [0.1, 0.15) is 11.5 Å². The van der Waals surface area contributed by atoms with Gasteiger partial charge in [-0.1, -0.05) is 69.0 Å². The Kier molecular flexibility index (Phi) is 11.5. The number of rotatable bonds is 16. The number of ether oxygens (including phenoxy) is 2. The van der Waals surface area contributed by atoms with Crippen LogP contribution in [0.15, 0.2) is 78.9 Å². The molecular formula is C30H38N2O3. The van der Waals surface area contributed by atoms with E-state index in [1.165, 1.54) is 31.2 Å². The lowest BCUT2D eigenvalue weighted by Crippen LogP contribution is -2.21. The molecule has 1 amide bonds. The van der Waals surface area contributed by atoms with E-state index in [1.807, 2.05) is 54.6 Å². The first-order chi connectivity index (χ1) is 17.2. The Morgan fingerprint density at radius 3 is 2.26 bits per heavy atom. The monoisotopic (exact) mass is 474 g/mol. The fraction of sp³-hybridized carbons (Fsp3) is 0.367. The van der Waals surface area contributed by atoms with Crippen LogP contribution in [0.3, 0.4) is 0 Å². The smallest absolute Gasteiger partial charge is 0.243 e. The number of hydrogen-bond acceptors (Lipinski definition) is 4. The van der Waals surface area contributed by atoms with Gasteiger partial charge in [0, 0.05) is 17.4 Å². The van der Waals surface area contributed by atoms with Crippen LogP contribution in [0, 0.1) is 0 Å². The van der Waals surface area contributed by atoms with Gasteiger partial charge in [-0.15, -0.1) is 0 Å². The summed E-state index contributed by atoms with van der Waals surface area (Å²) in [6.07, 6.45) is 8.04. The highest BCUT2D eigenvalue weighted by atomic mass is 16.5. The van der Waals surface area contributed by atoms with Gasteiger partial charge in [0.2, 0.25) is 5.91 Å². The number of nitrogens with one attached hydrogen (secondary N) is 2. The fourth-order valence-electron chi connectivity index (χ4n) is 3.73. The number of unbranched alkanes of at least 4 members (excludes halogenated alkanes) is 4. The summed E-state index contributed by atoms with van der Waals surface area (Å²) < 4.78 is 11.7. The molecule has 35 heavy (non-hydrogen) atoms. The molecule has 0 bridgehead atoms. The molecule has 186 valence electrons. The van der Waals surface area contributed by atoms with E-state index in [0.717, 1.165) is 48.7 Å². The highest BCUT2D eigenvalue weighted by Crippen LogP contribution is 2.19. The molecule has 0 aliphatic carbocycles. The molecule has 0 heterocycles. The molecule has 0 saturated heterocycles. The van der Waals surface area contributed by atoms with Crippen LogP contribution in [0.25, 0.3) is 0 Å². The first-order valence-corrected chi connectivity index (χ1v) is 12.8.